The predicted molar refractivity (Wildman–Crippen MR) is 147 cm³/mol. The largest absolute Gasteiger partial charge is 0.465 e. The van der Waals surface area contributed by atoms with Gasteiger partial charge in [0.2, 0.25) is 0 Å². The van der Waals surface area contributed by atoms with E-state index in [9.17, 15) is 9.59 Å². The van der Waals surface area contributed by atoms with Crippen LogP contribution in [-0.2, 0) is 4.74 Å². The van der Waals surface area contributed by atoms with Gasteiger partial charge in [0.1, 0.15) is 10.6 Å². The van der Waals surface area contributed by atoms with Crippen LogP contribution in [0.1, 0.15) is 20.7 Å². The molecule has 0 aliphatic carbocycles. The number of hydrogen-bond donors (Lipinski definition) is 1. The van der Waals surface area contributed by atoms with Crippen molar-refractivity contribution in [3.63, 3.8) is 0 Å². The average molecular weight is 584 g/mol. The van der Waals surface area contributed by atoms with Crippen molar-refractivity contribution in [3.05, 3.63) is 92.0 Å². The number of carbonyl (C=O) groups is 2. The molecule has 3 heterocycles. The number of nitrogens with zero attached hydrogens (tertiary/aromatic N) is 1. The monoisotopic (exact) mass is 582 g/mol. The number of nitrogens with one attached hydrogen (secondary N) is 1. The summed E-state index contributed by atoms with van der Waals surface area (Å²) in [4.78, 5) is 31.9. The fourth-order valence-corrected chi connectivity index (χ4v) is 5.93. The number of para-hydroxylation sites is 1. The molecule has 0 saturated heterocycles. The zero-order valence-electron chi connectivity index (χ0n) is 18.2. The first-order valence-electron chi connectivity index (χ1n) is 10.4. The second kappa shape index (κ2) is 9.91. The number of pyridine rings is 1. The number of rotatable bonds is 5. The summed E-state index contributed by atoms with van der Waals surface area (Å²) < 4.78 is 6.61. The summed E-state index contributed by atoms with van der Waals surface area (Å²) in [5.41, 5.74) is 3.64. The summed E-state index contributed by atoms with van der Waals surface area (Å²) in [5.74, 6) is -0.866. The van der Waals surface area contributed by atoms with E-state index in [1.54, 1.807) is 12.1 Å². The summed E-state index contributed by atoms with van der Waals surface area (Å²) in [7, 11) is 1.33. The van der Waals surface area contributed by atoms with Crippen molar-refractivity contribution in [2.24, 2.45) is 0 Å². The lowest BCUT2D eigenvalue weighted by atomic mass is 10.0. The Bertz CT molecular complexity index is 1580. The van der Waals surface area contributed by atoms with E-state index in [4.69, 9.17) is 21.3 Å². The molecular weight excluding hydrogens is 568 g/mol. The summed E-state index contributed by atoms with van der Waals surface area (Å²) in [6.07, 6.45) is 0. The van der Waals surface area contributed by atoms with Crippen LogP contribution in [0.15, 0.2) is 76.6 Å². The van der Waals surface area contributed by atoms with E-state index >= 15 is 0 Å². The van der Waals surface area contributed by atoms with Gasteiger partial charge in [-0.3, -0.25) is 4.79 Å². The predicted octanol–water partition coefficient (Wildman–Crippen LogP) is 8.15. The van der Waals surface area contributed by atoms with Crippen LogP contribution >= 0.6 is 50.2 Å². The van der Waals surface area contributed by atoms with Crippen LogP contribution in [0.5, 0.6) is 0 Å². The van der Waals surface area contributed by atoms with Gasteiger partial charge in [-0.1, -0.05) is 57.9 Å². The summed E-state index contributed by atoms with van der Waals surface area (Å²) in [6.45, 7) is 0. The van der Waals surface area contributed by atoms with Gasteiger partial charge in [0.15, 0.2) is 0 Å². The molecule has 0 unspecified atom stereocenters. The molecule has 0 bridgehead atoms. The highest BCUT2D eigenvalue weighted by Gasteiger charge is 2.24. The second-order valence-corrected chi connectivity index (χ2v) is 11.0. The molecule has 0 spiro atoms. The van der Waals surface area contributed by atoms with E-state index in [0.29, 0.717) is 42.6 Å². The third-order valence-corrected chi connectivity index (χ3v) is 8.03. The highest BCUT2D eigenvalue weighted by atomic mass is 79.9. The molecule has 0 fully saturated rings. The number of aromatic nitrogens is 1. The quantitative estimate of drug-likeness (QED) is 0.212. The molecule has 9 heteroatoms. The van der Waals surface area contributed by atoms with E-state index in [0.717, 1.165) is 14.9 Å². The number of halogens is 2. The molecule has 35 heavy (non-hydrogen) atoms. The van der Waals surface area contributed by atoms with Crippen LogP contribution in [0.2, 0.25) is 4.34 Å². The van der Waals surface area contributed by atoms with Gasteiger partial charge in [0.05, 0.1) is 33.1 Å². The van der Waals surface area contributed by atoms with Crippen molar-refractivity contribution in [1.29, 1.82) is 0 Å². The molecule has 5 rings (SSSR count). The zero-order chi connectivity index (χ0) is 24.5. The van der Waals surface area contributed by atoms with Gasteiger partial charge in [-0.2, -0.15) is 0 Å². The maximum absolute atomic E-state index is 13.6. The molecule has 0 aliphatic heterocycles. The fourth-order valence-electron chi connectivity index (χ4n) is 3.71. The van der Waals surface area contributed by atoms with Crippen molar-refractivity contribution in [2.45, 2.75) is 0 Å². The Labute approximate surface area is 222 Å². The number of thiophene rings is 2. The van der Waals surface area contributed by atoms with Crippen molar-refractivity contribution in [3.8, 4) is 21.7 Å². The Balaban J connectivity index is 1.58. The molecule has 0 atom stereocenters. The first kappa shape index (κ1) is 23.7. The lowest BCUT2D eigenvalue weighted by Crippen LogP contribution is -2.15. The summed E-state index contributed by atoms with van der Waals surface area (Å²) >= 11 is 12.2. The van der Waals surface area contributed by atoms with Crippen molar-refractivity contribution in [2.75, 3.05) is 12.4 Å². The molecule has 0 saturated carbocycles. The van der Waals surface area contributed by atoms with E-state index in [1.165, 1.54) is 29.8 Å². The second-order valence-electron chi connectivity index (χ2n) is 7.48. The molecule has 1 amide bonds. The first-order valence-corrected chi connectivity index (χ1v) is 13.2. The van der Waals surface area contributed by atoms with Crippen LogP contribution < -0.4 is 5.32 Å². The maximum atomic E-state index is 13.6. The maximum Gasteiger partial charge on any atom is 0.341 e. The van der Waals surface area contributed by atoms with Crippen LogP contribution in [0, 0.1) is 0 Å². The molecule has 3 aromatic heterocycles. The number of fused-ring (bicyclic) bond motifs is 1. The van der Waals surface area contributed by atoms with E-state index in [2.05, 4.69) is 21.2 Å². The Morgan fingerprint density at radius 1 is 1.06 bits per heavy atom. The van der Waals surface area contributed by atoms with Crippen molar-refractivity contribution in [1.82, 2.24) is 4.98 Å². The normalized spacial score (nSPS) is 10.9. The van der Waals surface area contributed by atoms with Gasteiger partial charge in [-0.15, -0.1) is 22.7 Å². The van der Waals surface area contributed by atoms with Crippen LogP contribution in [-0.4, -0.2) is 24.0 Å². The lowest BCUT2D eigenvalue weighted by Gasteiger charge is -2.11. The molecule has 5 aromatic rings. The average Bonchev–Trinajstić information content (AvgIpc) is 3.49. The molecule has 0 aliphatic rings. The number of ether oxygens (including phenoxy) is 1. The van der Waals surface area contributed by atoms with Crippen molar-refractivity contribution >= 4 is 78.0 Å². The molecular formula is C26H16BrClN2O3S2. The molecule has 2 aromatic carbocycles. The number of amides is 1. The minimum absolute atomic E-state index is 0.316. The lowest BCUT2D eigenvalue weighted by molar-refractivity contribution is 0.0603. The minimum Gasteiger partial charge on any atom is -0.465 e. The molecule has 5 nitrogen and oxygen atoms in total. The molecule has 1 N–H and O–H groups in total. The SMILES string of the molecule is COC(=O)c1c(-c2ccc(Br)cc2)csc1NC(=O)c1cc(-c2ccc(Cl)s2)nc2ccccc12. The smallest absolute Gasteiger partial charge is 0.341 e. The Morgan fingerprint density at radius 3 is 2.54 bits per heavy atom. The topological polar surface area (TPSA) is 68.3 Å². The van der Waals surface area contributed by atoms with Gasteiger partial charge in [0.25, 0.3) is 5.91 Å². The van der Waals surface area contributed by atoms with Gasteiger partial charge >= 0.3 is 5.97 Å². The van der Waals surface area contributed by atoms with Gasteiger partial charge < -0.3 is 10.1 Å². The number of esters is 1. The Morgan fingerprint density at radius 2 is 1.83 bits per heavy atom. The van der Waals surface area contributed by atoms with Crippen molar-refractivity contribution < 1.29 is 14.3 Å². The summed E-state index contributed by atoms with van der Waals surface area (Å²) in [6, 6.07) is 20.5. The Kier molecular flexibility index (Phi) is 6.71. The van der Waals surface area contributed by atoms with Crippen LogP contribution in [0.4, 0.5) is 5.00 Å². The number of benzene rings is 2. The van der Waals surface area contributed by atoms with Gasteiger partial charge in [0, 0.05) is 20.8 Å². The number of anilines is 1. The van der Waals surface area contributed by atoms with E-state index in [-0.39, 0.29) is 5.91 Å². The van der Waals surface area contributed by atoms with Gasteiger partial charge in [-0.25, -0.2) is 9.78 Å². The standard InChI is InChI=1S/C26H16BrClN2O3S2/c1-33-26(32)23-18(14-6-8-15(27)9-7-14)13-34-25(23)30-24(31)17-12-20(21-10-11-22(28)35-21)29-19-5-3-2-4-16(17)19/h2-13H,1H3,(H,30,31). The highest BCUT2D eigenvalue weighted by molar-refractivity contribution is 9.10. The molecule has 174 valence electrons. The van der Waals surface area contributed by atoms with E-state index in [1.807, 2.05) is 60.0 Å². The van der Waals surface area contributed by atoms with Crippen LogP contribution in [0.25, 0.3) is 32.6 Å². The van der Waals surface area contributed by atoms with Gasteiger partial charge in [-0.05, 0) is 42.0 Å². The first-order chi connectivity index (χ1) is 16.9. The number of methoxy groups -OCH3 is 1. The Hall–Kier alpha value is -3.04. The zero-order valence-corrected chi connectivity index (χ0v) is 22.1. The third-order valence-electron chi connectivity index (χ3n) is 5.35. The summed E-state index contributed by atoms with van der Waals surface area (Å²) in [5, 5.41) is 5.91. The van der Waals surface area contributed by atoms with Crippen LogP contribution in [0.3, 0.4) is 0 Å². The third kappa shape index (κ3) is 4.75. The number of carbonyl (C=O) groups excluding carboxylic acids is 2. The minimum atomic E-state index is -0.520. The van der Waals surface area contributed by atoms with E-state index < -0.39 is 5.97 Å². The number of hydrogen-bond acceptors (Lipinski definition) is 6. The fraction of sp³-hybridized carbons (Fsp3) is 0.0385. The highest BCUT2D eigenvalue weighted by Crippen LogP contribution is 2.38. The molecule has 0 radical (unpaired) electrons.